The van der Waals surface area contributed by atoms with Crippen LogP contribution in [-0.2, 0) is 6.42 Å². The highest BCUT2D eigenvalue weighted by atomic mass is 16.5. The van der Waals surface area contributed by atoms with Gasteiger partial charge in [-0.3, -0.25) is 0 Å². The summed E-state index contributed by atoms with van der Waals surface area (Å²) in [5.74, 6) is 1.82. The standard InChI is InChI=1S/C17H27NO/c1-3-13-18-17-6-4-5-15(17)10-7-14-8-11-16(19-2)12-9-14/h8-9,11-12,15,17-18H,3-7,10,13H2,1-2H3. The second-order valence-corrected chi connectivity index (χ2v) is 5.64. The van der Waals surface area contributed by atoms with E-state index in [2.05, 4.69) is 36.5 Å². The van der Waals surface area contributed by atoms with Crippen LogP contribution in [0.1, 0.15) is 44.6 Å². The van der Waals surface area contributed by atoms with Crippen LogP contribution in [0.3, 0.4) is 0 Å². The highest BCUT2D eigenvalue weighted by Gasteiger charge is 2.25. The minimum absolute atomic E-state index is 0.762. The van der Waals surface area contributed by atoms with Crippen LogP contribution in [0.4, 0.5) is 0 Å². The summed E-state index contributed by atoms with van der Waals surface area (Å²) in [6, 6.07) is 9.29. The van der Waals surface area contributed by atoms with Gasteiger partial charge in [0.1, 0.15) is 5.75 Å². The van der Waals surface area contributed by atoms with Gasteiger partial charge in [-0.15, -0.1) is 0 Å². The highest BCUT2D eigenvalue weighted by Crippen LogP contribution is 2.29. The lowest BCUT2D eigenvalue weighted by molar-refractivity contribution is 0.379. The van der Waals surface area contributed by atoms with Crippen LogP contribution >= 0.6 is 0 Å². The third-order valence-electron chi connectivity index (χ3n) is 4.28. The number of rotatable bonds is 7. The molecule has 1 N–H and O–H groups in total. The Morgan fingerprint density at radius 1 is 1.21 bits per heavy atom. The third kappa shape index (κ3) is 4.24. The molecule has 2 nitrogen and oxygen atoms in total. The molecule has 1 aliphatic carbocycles. The quantitative estimate of drug-likeness (QED) is 0.806. The Morgan fingerprint density at radius 3 is 2.68 bits per heavy atom. The number of nitrogens with one attached hydrogen (secondary N) is 1. The van der Waals surface area contributed by atoms with E-state index in [1.165, 1.54) is 50.6 Å². The van der Waals surface area contributed by atoms with E-state index in [0.29, 0.717) is 0 Å². The molecule has 0 amide bonds. The van der Waals surface area contributed by atoms with Crippen LogP contribution in [0.2, 0.25) is 0 Å². The summed E-state index contributed by atoms with van der Waals surface area (Å²) < 4.78 is 5.20. The molecule has 1 fully saturated rings. The molecule has 2 rings (SSSR count). The fourth-order valence-electron chi connectivity index (χ4n) is 3.13. The average Bonchev–Trinajstić information content (AvgIpc) is 2.91. The molecule has 1 aromatic rings. The van der Waals surface area contributed by atoms with Crippen LogP contribution in [0, 0.1) is 5.92 Å². The summed E-state index contributed by atoms with van der Waals surface area (Å²) in [4.78, 5) is 0. The van der Waals surface area contributed by atoms with Gasteiger partial charge in [0.25, 0.3) is 0 Å². The molecular weight excluding hydrogens is 234 g/mol. The SMILES string of the molecule is CCCNC1CCCC1CCc1ccc(OC)cc1. The Kier molecular flexibility index (Phi) is 5.71. The zero-order valence-corrected chi connectivity index (χ0v) is 12.3. The van der Waals surface area contributed by atoms with Crippen molar-refractivity contribution in [2.24, 2.45) is 5.92 Å². The number of benzene rings is 1. The predicted octanol–water partition coefficient (Wildman–Crippen LogP) is 3.80. The molecule has 0 heterocycles. The van der Waals surface area contributed by atoms with Crippen LogP contribution in [0.5, 0.6) is 5.75 Å². The zero-order valence-electron chi connectivity index (χ0n) is 12.3. The van der Waals surface area contributed by atoms with Crippen LogP contribution in [0.25, 0.3) is 0 Å². The molecule has 1 aromatic carbocycles. The first-order valence-corrected chi connectivity index (χ1v) is 7.69. The maximum absolute atomic E-state index is 5.20. The van der Waals surface area contributed by atoms with Gasteiger partial charge in [-0.2, -0.15) is 0 Å². The molecule has 0 spiro atoms. The fraction of sp³-hybridized carbons (Fsp3) is 0.647. The van der Waals surface area contributed by atoms with Gasteiger partial charge in [0.05, 0.1) is 7.11 Å². The minimum Gasteiger partial charge on any atom is -0.497 e. The molecule has 0 bridgehead atoms. The molecule has 2 atom stereocenters. The van der Waals surface area contributed by atoms with Gasteiger partial charge >= 0.3 is 0 Å². The Balaban J connectivity index is 1.80. The summed E-state index contributed by atoms with van der Waals surface area (Å²) in [5, 5.41) is 3.72. The summed E-state index contributed by atoms with van der Waals surface area (Å²) in [6.07, 6.45) is 7.91. The topological polar surface area (TPSA) is 21.3 Å². The average molecular weight is 261 g/mol. The smallest absolute Gasteiger partial charge is 0.118 e. The number of methoxy groups -OCH3 is 1. The molecule has 0 radical (unpaired) electrons. The van der Waals surface area contributed by atoms with Gasteiger partial charge < -0.3 is 10.1 Å². The van der Waals surface area contributed by atoms with Gasteiger partial charge in [-0.1, -0.05) is 25.5 Å². The van der Waals surface area contributed by atoms with E-state index >= 15 is 0 Å². The molecule has 0 saturated heterocycles. The molecule has 2 heteroatoms. The van der Waals surface area contributed by atoms with Gasteiger partial charge in [-0.25, -0.2) is 0 Å². The Labute approximate surface area is 117 Å². The molecule has 0 aliphatic heterocycles. The Bertz CT molecular complexity index is 360. The molecule has 0 aromatic heterocycles. The largest absolute Gasteiger partial charge is 0.497 e. The monoisotopic (exact) mass is 261 g/mol. The van der Waals surface area contributed by atoms with Gasteiger partial charge in [0.2, 0.25) is 0 Å². The maximum Gasteiger partial charge on any atom is 0.118 e. The predicted molar refractivity (Wildman–Crippen MR) is 80.7 cm³/mol. The first kappa shape index (κ1) is 14.4. The van der Waals surface area contributed by atoms with Crippen molar-refractivity contribution >= 4 is 0 Å². The van der Waals surface area contributed by atoms with Gasteiger partial charge in [0, 0.05) is 6.04 Å². The summed E-state index contributed by atoms with van der Waals surface area (Å²) in [7, 11) is 1.72. The van der Waals surface area contributed by atoms with Crippen molar-refractivity contribution in [3.63, 3.8) is 0 Å². The second-order valence-electron chi connectivity index (χ2n) is 5.64. The van der Waals surface area contributed by atoms with E-state index in [9.17, 15) is 0 Å². The number of aryl methyl sites for hydroxylation is 1. The lowest BCUT2D eigenvalue weighted by atomic mass is 9.95. The molecule has 19 heavy (non-hydrogen) atoms. The Morgan fingerprint density at radius 2 is 2.00 bits per heavy atom. The summed E-state index contributed by atoms with van der Waals surface area (Å²) in [6.45, 7) is 3.41. The van der Waals surface area contributed by atoms with Crippen molar-refractivity contribution in [1.29, 1.82) is 0 Å². The van der Waals surface area contributed by atoms with Crippen LogP contribution < -0.4 is 10.1 Å². The van der Waals surface area contributed by atoms with Crippen molar-refractivity contribution < 1.29 is 4.74 Å². The summed E-state index contributed by atoms with van der Waals surface area (Å²) in [5.41, 5.74) is 1.43. The van der Waals surface area contributed by atoms with E-state index in [4.69, 9.17) is 4.74 Å². The Hall–Kier alpha value is -1.02. The third-order valence-corrected chi connectivity index (χ3v) is 4.28. The van der Waals surface area contributed by atoms with Gasteiger partial charge in [0.15, 0.2) is 0 Å². The number of hydrogen-bond acceptors (Lipinski definition) is 2. The first-order chi connectivity index (χ1) is 9.33. The van der Waals surface area contributed by atoms with Gasteiger partial charge in [-0.05, 0) is 62.3 Å². The van der Waals surface area contributed by atoms with E-state index < -0.39 is 0 Å². The van der Waals surface area contributed by atoms with Crippen LogP contribution in [-0.4, -0.2) is 19.7 Å². The van der Waals surface area contributed by atoms with E-state index in [1.54, 1.807) is 7.11 Å². The molecule has 106 valence electrons. The first-order valence-electron chi connectivity index (χ1n) is 7.69. The van der Waals surface area contributed by atoms with Crippen molar-refractivity contribution in [3.8, 4) is 5.75 Å². The van der Waals surface area contributed by atoms with E-state index in [0.717, 1.165) is 17.7 Å². The van der Waals surface area contributed by atoms with E-state index in [-0.39, 0.29) is 0 Å². The normalized spacial score (nSPS) is 22.6. The van der Waals surface area contributed by atoms with Crippen LogP contribution in [0.15, 0.2) is 24.3 Å². The molecule has 2 unspecified atom stereocenters. The zero-order chi connectivity index (χ0) is 13.5. The lowest BCUT2D eigenvalue weighted by Crippen LogP contribution is -2.33. The molecule has 1 saturated carbocycles. The maximum atomic E-state index is 5.20. The number of ether oxygens (including phenoxy) is 1. The fourth-order valence-corrected chi connectivity index (χ4v) is 3.13. The highest BCUT2D eigenvalue weighted by molar-refractivity contribution is 5.27. The second kappa shape index (κ2) is 7.54. The number of hydrogen-bond donors (Lipinski definition) is 1. The minimum atomic E-state index is 0.762. The van der Waals surface area contributed by atoms with Crippen molar-refractivity contribution in [1.82, 2.24) is 5.32 Å². The van der Waals surface area contributed by atoms with Crippen molar-refractivity contribution in [2.75, 3.05) is 13.7 Å². The molecule has 1 aliphatic rings. The molecular formula is C17H27NO. The lowest BCUT2D eigenvalue weighted by Gasteiger charge is -2.20. The van der Waals surface area contributed by atoms with Crippen molar-refractivity contribution in [2.45, 2.75) is 51.5 Å². The summed E-state index contributed by atoms with van der Waals surface area (Å²) >= 11 is 0. The van der Waals surface area contributed by atoms with E-state index in [1.807, 2.05) is 0 Å². The van der Waals surface area contributed by atoms with Crippen molar-refractivity contribution in [3.05, 3.63) is 29.8 Å².